The lowest BCUT2D eigenvalue weighted by atomic mass is 10.0. The molecule has 0 unspecified atom stereocenters. The summed E-state index contributed by atoms with van der Waals surface area (Å²) in [5.74, 6) is -0.221. The van der Waals surface area contributed by atoms with Crippen LogP contribution in [0.4, 0.5) is 0 Å². The van der Waals surface area contributed by atoms with Gasteiger partial charge < -0.3 is 19.8 Å². The number of aromatic carboxylic acids is 1. The Labute approximate surface area is 165 Å². The minimum absolute atomic E-state index is 0.0334. The second kappa shape index (κ2) is 7.47. The molecule has 7 nitrogen and oxygen atoms in total. The van der Waals surface area contributed by atoms with E-state index in [1.807, 2.05) is 30.3 Å². The van der Waals surface area contributed by atoms with Gasteiger partial charge in [0.05, 0.1) is 18.5 Å². The van der Waals surface area contributed by atoms with E-state index in [1.54, 1.807) is 24.4 Å². The highest BCUT2D eigenvalue weighted by molar-refractivity contribution is 5.93. The van der Waals surface area contributed by atoms with Gasteiger partial charge in [0.2, 0.25) is 5.56 Å². The van der Waals surface area contributed by atoms with Crippen molar-refractivity contribution in [2.75, 3.05) is 7.11 Å². The number of H-pyrrole nitrogens is 2. The van der Waals surface area contributed by atoms with Crippen LogP contribution < -0.4 is 10.3 Å². The van der Waals surface area contributed by atoms with E-state index in [2.05, 4.69) is 9.97 Å². The van der Waals surface area contributed by atoms with Gasteiger partial charge in [0.15, 0.2) is 0 Å². The first-order valence-corrected chi connectivity index (χ1v) is 8.83. The Morgan fingerprint density at radius 2 is 1.79 bits per heavy atom. The highest BCUT2D eigenvalue weighted by Gasteiger charge is 2.19. The van der Waals surface area contributed by atoms with Gasteiger partial charge in [-0.15, -0.1) is 0 Å². The van der Waals surface area contributed by atoms with Gasteiger partial charge in [-0.2, -0.15) is 0 Å². The number of hydrogen-bond donors (Lipinski definition) is 3. The van der Waals surface area contributed by atoms with Crippen molar-refractivity contribution in [3.63, 3.8) is 0 Å². The average Bonchev–Trinajstić information content (AvgIpc) is 3.19. The largest absolute Gasteiger partial charge is 0.496 e. The van der Waals surface area contributed by atoms with Crippen molar-refractivity contribution in [2.45, 2.75) is 0 Å². The van der Waals surface area contributed by atoms with Crippen LogP contribution in [0.15, 0.2) is 71.7 Å². The van der Waals surface area contributed by atoms with Gasteiger partial charge in [-0.1, -0.05) is 30.3 Å². The molecule has 0 aliphatic carbocycles. The first-order valence-electron chi connectivity index (χ1n) is 8.83. The first-order chi connectivity index (χ1) is 14.1. The fraction of sp³-hybridized carbons (Fsp3) is 0.0455. The fourth-order valence-electron chi connectivity index (χ4n) is 3.15. The van der Waals surface area contributed by atoms with E-state index in [0.717, 1.165) is 5.56 Å². The molecular formula is C22H17N3O4. The molecule has 0 amide bonds. The summed E-state index contributed by atoms with van der Waals surface area (Å²) in [6, 6.07) is 17.6. The Balaban J connectivity index is 1.95. The molecule has 144 valence electrons. The first kappa shape index (κ1) is 18.2. The smallest absolute Gasteiger partial charge is 0.339 e. The van der Waals surface area contributed by atoms with E-state index in [-0.39, 0.29) is 16.9 Å². The van der Waals surface area contributed by atoms with Crippen LogP contribution in [-0.2, 0) is 0 Å². The number of imidazole rings is 1. The number of hydrogen-bond acceptors (Lipinski definition) is 4. The van der Waals surface area contributed by atoms with E-state index in [0.29, 0.717) is 28.3 Å². The van der Waals surface area contributed by atoms with Crippen LogP contribution in [0.1, 0.15) is 10.4 Å². The standard InChI is InChI=1S/C22H17N3O4/c1-29-17-8-7-14(11-16(17)22(27)28)19-20(15-9-10-23-18(26)12-15)25-21(24-19)13-5-3-2-4-6-13/h2-12H,1H3,(H,23,26)(H,24,25)(H,27,28). The van der Waals surface area contributed by atoms with Gasteiger partial charge in [0.25, 0.3) is 0 Å². The zero-order valence-electron chi connectivity index (χ0n) is 15.5. The van der Waals surface area contributed by atoms with Crippen molar-refractivity contribution in [2.24, 2.45) is 0 Å². The van der Waals surface area contributed by atoms with Crippen LogP contribution >= 0.6 is 0 Å². The topological polar surface area (TPSA) is 108 Å². The van der Waals surface area contributed by atoms with E-state index in [1.165, 1.54) is 19.2 Å². The van der Waals surface area contributed by atoms with Crippen LogP contribution in [0.2, 0.25) is 0 Å². The molecule has 0 atom stereocenters. The van der Waals surface area contributed by atoms with Gasteiger partial charge in [0.1, 0.15) is 17.1 Å². The van der Waals surface area contributed by atoms with Crippen LogP contribution in [0.5, 0.6) is 5.75 Å². The molecule has 0 spiro atoms. The van der Waals surface area contributed by atoms with Gasteiger partial charge in [-0.05, 0) is 24.3 Å². The second-order valence-electron chi connectivity index (χ2n) is 6.34. The number of methoxy groups -OCH3 is 1. The molecule has 2 aromatic heterocycles. The summed E-state index contributed by atoms with van der Waals surface area (Å²) in [6.07, 6.45) is 1.56. The Hall–Kier alpha value is -4.13. The quantitative estimate of drug-likeness (QED) is 0.483. The van der Waals surface area contributed by atoms with Crippen molar-refractivity contribution in [3.8, 4) is 39.7 Å². The third-order valence-corrected chi connectivity index (χ3v) is 4.52. The number of ether oxygens (including phenoxy) is 1. The number of carboxylic acid groups (broad SMARTS) is 1. The number of carbonyl (C=O) groups is 1. The van der Waals surface area contributed by atoms with Crippen molar-refractivity contribution in [1.29, 1.82) is 0 Å². The molecule has 0 aliphatic rings. The average molecular weight is 387 g/mol. The van der Waals surface area contributed by atoms with Gasteiger partial charge in [-0.3, -0.25) is 4.79 Å². The van der Waals surface area contributed by atoms with E-state index in [4.69, 9.17) is 9.72 Å². The van der Waals surface area contributed by atoms with Crippen LogP contribution in [0, 0.1) is 0 Å². The molecule has 0 fully saturated rings. The van der Waals surface area contributed by atoms with Crippen molar-refractivity contribution >= 4 is 5.97 Å². The minimum Gasteiger partial charge on any atom is -0.496 e. The highest BCUT2D eigenvalue weighted by atomic mass is 16.5. The number of nitrogens with zero attached hydrogens (tertiary/aromatic N) is 1. The van der Waals surface area contributed by atoms with Crippen molar-refractivity contribution in [1.82, 2.24) is 15.0 Å². The zero-order valence-corrected chi connectivity index (χ0v) is 15.5. The maximum Gasteiger partial charge on any atom is 0.339 e. The number of rotatable bonds is 5. The van der Waals surface area contributed by atoms with Gasteiger partial charge >= 0.3 is 5.97 Å². The predicted molar refractivity (Wildman–Crippen MR) is 109 cm³/mol. The Morgan fingerprint density at radius 3 is 2.48 bits per heavy atom. The third-order valence-electron chi connectivity index (χ3n) is 4.52. The molecule has 0 radical (unpaired) electrons. The molecule has 4 aromatic rings. The summed E-state index contributed by atoms with van der Waals surface area (Å²) in [5.41, 5.74) is 3.06. The lowest BCUT2D eigenvalue weighted by molar-refractivity contribution is 0.0693. The van der Waals surface area contributed by atoms with E-state index in [9.17, 15) is 14.7 Å². The SMILES string of the molecule is COc1ccc(-c2nc(-c3ccccc3)[nH]c2-c2cc[nH]c(=O)c2)cc1C(=O)O. The summed E-state index contributed by atoms with van der Waals surface area (Å²) in [6.45, 7) is 0. The molecule has 3 N–H and O–H groups in total. The number of nitrogens with one attached hydrogen (secondary N) is 2. The molecule has 2 aromatic carbocycles. The van der Waals surface area contributed by atoms with Crippen LogP contribution in [0.25, 0.3) is 33.9 Å². The maximum atomic E-state index is 11.8. The van der Waals surface area contributed by atoms with Crippen molar-refractivity contribution < 1.29 is 14.6 Å². The number of benzene rings is 2. The number of aromatic nitrogens is 3. The lowest BCUT2D eigenvalue weighted by Crippen LogP contribution is -2.03. The summed E-state index contributed by atoms with van der Waals surface area (Å²) in [5, 5.41) is 9.52. The Kier molecular flexibility index (Phi) is 4.70. The minimum atomic E-state index is -1.10. The molecule has 29 heavy (non-hydrogen) atoms. The van der Waals surface area contributed by atoms with Gasteiger partial charge in [-0.25, -0.2) is 9.78 Å². The molecule has 4 rings (SSSR count). The second-order valence-corrected chi connectivity index (χ2v) is 6.34. The Bertz CT molecular complexity index is 1240. The third kappa shape index (κ3) is 3.53. The summed E-state index contributed by atoms with van der Waals surface area (Å²) in [4.78, 5) is 34.0. The zero-order chi connectivity index (χ0) is 20.4. The monoisotopic (exact) mass is 387 g/mol. The number of carboxylic acids is 1. The fourth-order valence-corrected chi connectivity index (χ4v) is 3.15. The molecule has 0 saturated heterocycles. The highest BCUT2D eigenvalue weighted by Crippen LogP contribution is 2.34. The summed E-state index contributed by atoms with van der Waals surface area (Å²) < 4.78 is 5.15. The normalized spacial score (nSPS) is 10.7. The lowest BCUT2D eigenvalue weighted by Gasteiger charge is -2.08. The summed E-state index contributed by atoms with van der Waals surface area (Å²) >= 11 is 0. The molecular weight excluding hydrogens is 370 g/mol. The molecule has 0 bridgehead atoms. The molecule has 0 saturated carbocycles. The van der Waals surface area contributed by atoms with E-state index < -0.39 is 5.97 Å². The number of pyridine rings is 1. The van der Waals surface area contributed by atoms with Crippen LogP contribution in [-0.4, -0.2) is 33.1 Å². The number of aromatic amines is 2. The van der Waals surface area contributed by atoms with Crippen molar-refractivity contribution in [3.05, 3.63) is 82.8 Å². The maximum absolute atomic E-state index is 11.8. The van der Waals surface area contributed by atoms with E-state index >= 15 is 0 Å². The predicted octanol–water partition coefficient (Wildman–Crippen LogP) is 3.81. The summed E-state index contributed by atoms with van der Waals surface area (Å²) in [7, 11) is 1.42. The van der Waals surface area contributed by atoms with Gasteiger partial charge in [0, 0.05) is 29.0 Å². The Morgan fingerprint density at radius 1 is 1.00 bits per heavy atom. The molecule has 2 heterocycles. The van der Waals surface area contributed by atoms with Crippen LogP contribution in [0.3, 0.4) is 0 Å². The molecule has 7 heteroatoms. The molecule has 0 aliphatic heterocycles.